The number of nitrogens with zero attached hydrogens (tertiary/aromatic N) is 2. The molecule has 1 heterocycles. The molecule has 276 valence electrons. The lowest BCUT2D eigenvalue weighted by atomic mass is 9.79. The monoisotopic (exact) mass is 709 g/mol. The quantitative estimate of drug-likeness (QED) is 0.165. The number of carbonyl (C=O) groups is 3. The van der Waals surface area contributed by atoms with Crippen molar-refractivity contribution in [3.8, 4) is 5.88 Å². The molecule has 4 rings (SSSR count). The van der Waals surface area contributed by atoms with Gasteiger partial charge in [0.05, 0.1) is 25.3 Å². The van der Waals surface area contributed by atoms with Crippen LogP contribution in [0.1, 0.15) is 88.7 Å². The van der Waals surface area contributed by atoms with E-state index in [1.807, 2.05) is 6.07 Å². The Labute approximate surface area is 298 Å². The van der Waals surface area contributed by atoms with Gasteiger partial charge in [-0.3, -0.25) is 0 Å². The summed E-state index contributed by atoms with van der Waals surface area (Å²) < 4.78 is 49.8. The van der Waals surface area contributed by atoms with Crippen LogP contribution in [0.3, 0.4) is 0 Å². The highest BCUT2D eigenvalue weighted by Crippen LogP contribution is 2.34. The third kappa shape index (κ3) is 10.9. The Bertz CT molecular complexity index is 1740. The Morgan fingerprint density at radius 2 is 1.63 bits per heavy atom. The molecule has 0 bridgehead atoms. The number of hydrogen-bond donors (Lipinski definition) is 1. The van der Waals surface area contributed by atoms with Crippen molar-refractivity contribution in [3.05, 3.63) is 76.9 Å². The number of carbonyl (C=O) groups excluding carboxylic acids is 3. The number of amides is 2. The van der Waals surface area contributed by atoms with Gasteiger partial charge in [-0.15, -0.1) is 0 Å². The second kappa shape index (κ2) is 16.5. The van der Waals surface area contributed by atoms with Gasteiger partial charge in [0.1, 0.15) is 22.8 Å². The Morgan fingerprint density at radius 3 is 2.25 bits per heavy atom. The van der Waals surface area contributed by atoms with Gasteiger partial charge in [0.25, 0.3) is 0 Å². The highest BCUT2D eigenvalue weighted by Gasteiger charge is 2.35. The third-order valence-electron chi connectivity index (χ3n) is 8.61. The number of methoxy groups -OCH3 is 2. The van der Waals surface area contributed by atoms with E-state index >= 15 is 0 Å². The summed E-state index contributed by atoms with van der Waals surface area (Å²) in [6.07, 6.45) is 4.93. The fourth-order valence-corrected chi connectivity index (χ4v) is 6.30. The molecule has 0 radical (unpaired) electrons. The molecule has 12 heteroatoms. The SMILES string of the molecule is COC(=O)c1ccc(CC(NC(=O)OC(C)(C)C)C2CCC(N(C/C=C/c3cc(F)ccc3F)C(=O)OC(C)(C)C)CC2)c2nc(OC)ccc12. The Balaban J connectivity index is 1.60. The lowest BCUT2D eigenvalue weighted by Crippen LogP contribution is -2.49. The highest BCUT2D eigenvalue weighted by molar-refractivity contribution is 6.04. The zero-order valence-corrected chi connectivity index (χ0v) is 30.7. The third-order valence-corrected chi connectivity index (χ3v) is 8.61. The van der Waals surface area contributed by atoms with Crippen molar-refractivity contribution in [1.29, 1.82) is 0 Å². The van der Waals surface area contributed by atoms with Crippen LogP contribution >= 0.6 is 0 Å². The average Bonchev–Trinajstić information content (AvgIpc) is 3.05. The maximum atomic E-state index is 14.3. The first-order valence-corrected chi connectivity index (χ1v) is 17.1. The lowest BCUT2D eigenvalue weighted by Gasteiger charge is -2.39. The number of ether oxygens (including phenoxy) is 4. The molecular formula is C39H49F2N3O7. The van der Waals surface area contributed by atoms with E-state index in [-0.39, 0.29) is 30.1 Å². The first-order valence-electron chi connectivity index (χ1n) is 17.1. The van der Waals surface area contributed by atoms with E-state index in [4.69, 9.17) is 18.9 Å². The van der Waals surface area contributed by atoms with Gasteiger partial charge in [0.2, 0.25) is 5.88 Å². The average molecular weight is 710 g/mol. The number of benzene rings is 2. The molecule has 0 spiro atoms. The summed E-state index contributed by atoms with van der Waals surface area (Å²) in [5.41, 5.74) is 0.338. The molecule has 2 amide bonds. The van der Waals surface area contributed by atoms with Crippen LogP contribution in [0.15, 0.2) is 48.5 Å². The van der Waals surface area contributed by atoms with Crippen molar-refractivity contribution in [2.45, 2.75) is 96.9 Å². The molecule has 1 aromatic heterocycles. The largest absolute Gasteiger partial charge is 0.481 e. The van der Waals surface area contributed by atoms with Gasteiger partial charge < -0.3 is 29.2 Å². The van der Waals surface area contributed by atoms with E-state index in [1.165, 1.54) is 20.3 Å². The summed E-state index contributed by atoms with van der Waals surface area (Å²) in [4.78, 5) is 45.5. The fourth-order valence-electron chi connectivity index (χ4n) is 6.30. The molecule has 10 nitrogen and oxygen atoms in total. The Kier molecular flexibility index (Phi) is 12.6. The van der Waals surface area contributed by atoms with E-state index in [2.05, 4.69) is 10.3 Å². The predicted molar refractivity (Wildman–Crippen MR) is 191 cm³/mol. The van der Waals surface area contributed by atoms with Crippen LogP contribution in [0.4, 0.5) is 18.4 Å². The molecule has 1 aliphatic rings. The smallest absolute Gasteiger partial charge is 0.410 e. The molecule has 0 aliphatic heterocycles. The molecule has 1 fully saturated rings. The molecule has 1 atom stereocenters. The van der Waals surface area contributed by atoms with E-state index in [0.29, 0.717) is 54.5 Å². The zero-order chi connectivity index (χ0) is 37.5. The van der Waals surface area contributed by atoms with E-state index in [0.717, 1.165) is 23.8 Å². The number of nitrogens with one attached hydrogen (secondary N) is 1. The molecule has 2 aromatic carbocycles. The van der Waals surface area contributed by atoms with Crippen molar-refractivity contribution in [3.63, 3.8) is 0 Å². The van der Waals surface area contributed by atoms with Gasteiger partial charge in [0, 0.05) is 35.6 Å². The van der Waals surface area contributed by atoms with Crippen molar-refractivity contribution in [1.82, 2.24) is 15.2 Å². The molecule has 1 saturated carbocycles. The van der Waals surface area contributed by atoms with Gasteiger partial charge in [-0.05, 0) is 115 Å². The number of fused-ring (bicyclic) bond motifs is 1. The number of alkyl carbamates (subject to hydrolysis) is 1. The van der Waals surface area contributed by atoms with Crippen LogP contribution in [0, 0.1) is 17.6 Å². The topological polar surface area (TPSA) is 116 Å². The normalized spacial score (nSPS) is 17.1. The number of hydrogen-bond acceptors (Lipinski definition) is 8. The summed E-state index contributed by atoms with van der Waals surface area (Å²) in [7, 11) is 2.83. The first kappa shape index (κ1) is 39.1. The summed E-state index contributed by atoms with van der Waals surface area (Å²) in [6.45, 7) is 10.9. The number of esters is 1. The van der Waals surface area contributed by atoms with Crippen molar-refractivity contribution < 1.29 is 42.1 Å². The van der Waals surface area contributed by atoms with Crippen LogP contribution < -0.4 is 10.1 Å². The Hall–Kier alpha value is -4.74. The minimum atomic E-state index is -0.740. The maximum Gasteiger partial charge on any atom is 0.410 e. The van der Waals surface area contributed by atoms with Gasteiger partial charge in [-0.1, -0.05) is 18.2 Å². The summed E-state index contributed by atoms with van der Waals surface area (Å²) in [5.74, 6) is -1.26. The predicted octanol–water partition coefficient (Wildman–Crippen LogP) is 8.25. The lowest BCUT2D eigenvalue weighted by molar-refractivity contribution is 0.0124. The number of rotatable bonds is 10. The van der Waals surface area contributed by atoms with Gasteiger partial charge >= 0.3 is 18.2 Å². The molecule has 3 aromatic rings. The molecular weight excluding hydrogens is 660 g/mol. The highest BCUT2D eigenvalue weighted by atomic mass is 19.1. The maximum absolute atomic E-state index is 14.3. The summed E-state index contributed by atoms with van der Waals surface area (Å²) in [6, 6.07) is 9.58. The fraction of sp³-hybridized carbons (Fsp3) is 0.487. The second-order valence-corrected chi connectivity index (χ2v) is 14.7. The molecule has 1 aliphatic carbocycles. The molecule has 51 heavy (non-hydrogen) atoms. The number of halogens is 2. The number of aromatic nitrogens is 1. The minimum Gasteiger partial charge on any atom is -0.481 e. The zero-order valence-electron chi connectivity index (χ0n) is 30.7. The summed E-state index contributed by atoms with van der Waals surface area (Å²) >= 11 is 0. The van der Waals surface area contributed by atoms with E-state index in [1.54, 1.807) is 70.7 Å². The van der Waals surface area contributed by atoms with E-state index < -0.39 is 41.0 Å². The first-order chi connectivity index (χ1) is 24.0. The molecule has 1 N–H and O–H groups in total. The minimum absolute atomic E-state index is 0.00729. The van der Waals surface area contributed by atoms with Gasteiger partial charge in [-0.2, -0.15) is 0 Å². The van der Waals surface area contributed by atoms with Crippen LogP contribution in [0.5, 0.6) is 5.88 Å². The standard InChI is InChI=1S/C39H49F2N3O7/c1-38(2,3)50-36(46)42-32(23-26-13-17-30(35(45)49-8)29-18-20-33(48-7)43-34(26)29)24-11-15-28(16-12-24)44(37(47)51-39(4,5)6)21-9-10-25-22-27(40)14-19-31(25)41/h9-10,13-14,17-20,22,24,28,32H,11-12,15-16,21,23H2,1-8H3,(H,42,46)/b10-9+. The Morgan fingerprint density at radius 1 is 0.941 bits per heavy atom. The van der Waals surface area contributed by atoms with Crippen molar-refractivity contribution in [2.75, 3.05) is 20.8 Å². The van der Waals surface area contributed by atoms with Crippen LogP contribution in [-0.2, 0) is 20.6 Å². The molecule has 0 saturated heterocycles. The van der Waals surface area contributed by atoms with Crippen LogP contribution in [0.25, 0.3) is 17.0 Å². The van der Waals surface area contributed by atoms with Gasteiger partial charge in [0.15, 0.2) is 0 Å². The van der Waals surface area contributed by atoms with Gasteiger partial charge in [-0.25, -0.2) is 28.1 Å². The summed E-state index contributed by atoms with van der Waals surface area (Å²) in [5, 5.41) is 3.70. The van der Waals surface area contributed by atoms with Crippen LogP contribution in [-0.4, -0.2) is 72.1 Å². The van der Waals surface area contributed by atoms with Crippen LogP contribution in [0.2, 0.25) is 0 Å². The van der Waals surface area contributed by atoms with Crippen molar-refractivity contribution >= 4 is 35.1 Å². The van der Waals surface area contributed by atoms with Crippen molar-refractivity contribution in [2.24, 2.45) is 5.92 Å². The second-order valence-electron chi connectivity index (χ2n) is 14.7. The van der Waals surface area contributed by atoms with E-state index in [9.17, 15) is 23.2 Å². The number of pyridine rings is 1. The molecule has 1 unspecified atom stereocenters.